The molecule has 0 spiro atoms. The molecule has 3 nitrogen and oxygen atoms in total. The van der Waals surface area contributed by atoms with Crippen LogP contribution in [0.15, 0.2) is 0 Å². The number of aryl methyl sites for hydroxylation is 1. The van der Waals surface area contributed by atoms with Crippen LogP contribution in [0.5, 0.6) is 0 Å². The van der Waals surface area contributed by atoms with E-state index in [9.17, 15) is 9.90 Å². The van der Waals surface area contributed by atoms with Gasteiger partial charge in [-0.15, -0.1) is 11.3 Å². The maximum atomic E-state index is 10.6. The fraction of sp³-hybridized carbons (Fsp3) is 0.556. The molecule has 0 unspecified atom stereocenters. The summed E-state index contributed by atoms with van der Waals surface area (Å²) in [6.07, 6.45) is 2.02. The molecular formula is C9H10NNaO2S. The molecule has 1 aromatic heterocycles. The van der Waals surface area contributed by atoms with Crippen molar-refractivity contribution in [1.82, 2.24) is 4.98 Å². The summed E-state index contributed by atoms with van der Waals surface area (Å²) in [5, 5.41) is 10.7. The van der Waals surface area contributed by atoms with Crippen LogP contribution in [0.4, 0.5) is 0 Å². The van der Waals surface area contributed by atoms with E-state index in [2.05, 4.69) is 18.8 Å². The second-order valence-electron chi connectivity index (χ2n) is 3.96. The number of rotatable bonds is 1. The van der Waals surface area contributed by atoms with Gasteiger partial charge in [-0.25, -0.2) is 4.98 Å². The van der Waals surface area contributed by atoms with Crippen LogP contribution in [0.25, 0.3) is 0 Å². The Balaban J connectivity index is 0.000000980. The number of thiazole rings is 1. The summed E-state index contributed by atoms with van der Waals surface area (Å²) in [6, 6.07) is 0. The average molecular weight is 219 g/mol. The van der Waals surface area contributed by atoms with E-state index in [0.717, 1.165) is 23.4 Å². The summed E-state index contributed by atoms with van der Waals surface area (Å²) >= 11 is 1.26. The van der Waals surface area contributed by atoms with E-state index >= 15 is 0 Å². The van der Waals surface area contributed by atoms with Crippen LogP contribution in [-0.4, -0.2) is 11.0 Å². The first-order valence-corrected chi connectivity index (χ1v) is 5.04. The SMILES string of the molecule is CC1(C)CCc2sc(C(=O)[O-])nc21.[Na+]. The maximum Gasteiger partial charge on any atom is 1.00 e. The summed E-state index contributed by atoms with van der Waals surface area (Å²) < 4.78 is 0. The summed E-state index contributed by atoms with van der Waals surface area (Å²) in [7, 11) is 0. The van der Waals surface area contributed by atoms with Gasteiger partial charge in [-0.05, 0) is 12.8 Å². The number of hydrogen-bond acceptors (Lipinski definition) is 4. The van der Waals surface area contributed by atoms with Gasteiger partial charge in [-0.2, -0.15) is 0 Å². The molecule has 0 aromatic carbocycles. The van der Waals surface area contributed by atoms with Crippen molar-refractivity contribution in [3.05, 3.63) is 15.6 Å². The van der Waals surface area contributed by atoms with Gasteiger partial charge in [0, 0.05) is 10.3 Å². The van der Waals surface area contributed by atoms with Gasteiger partial charge in [0.2, 0.25) is 0 Å². The van der Waals surface area contributed by atoms with Crippen molar-refractivity contribution in [3.63, 3.8) is 0 Å². The van der Waals surface area contributed by atoms with Gasteiger partial charge >= 0.3 is 29.6 Å². The molecule has 0 saturated heterocycles. The van der Waals surface area contributed by atoms with Gasteiger partial charge in [0.25, 0.3) is 0 Å². The largest absolute Gasteiger partial charge is 1.00 e. The number of carbonyl (C=O) groups excluding carboxylic acids is 1. The molecule has 0 amide bonds. The van der Waals surface area contributed by atoms with Crippen LogP contribution >= 0.6 is 11.3 Å². The minimum atomic E-state index is -1.16. The number of fused-ring (bicyclic) bond motifs is 1. The molecule has 14 heavy (non-hydrogen) atoms. The minimum absolute atomic E-state index is 0. The summed E-state index contributed by atoms with van der Waals surface area (Å²) in [5.74, 6) is -1.16. The van der Waals surface area contributed by atoms with Crippen LogP contribution in [0, 0.1) is 0 Å². The van der Waals surface area contributed by atoms with Crippen LogP contribution in [-0.2, 0) is 11.8 Å². The first kappa shape index (κ1) is 12.2. The van der Waals surface area contributed by atoms with Crippen molar-refractivity contribution < 1.29 is 39.5 Å². The van der Waals surface area contributed by atoms with Crippen LogP contribution in [0.3, 0.4) is 0 Å². The van der Waals surface area contributed by atoms with Crippen molar-refractivity contribution in [2.75, 3.05) is 0 Å². The summed E-state index contributed by atoms with van der Waals surface area (Å²) in [6.45, 7) is 4.19. The molecular weight excluding hydrogens is 209 g/mol. The van der Waals surface area contributed by atoms with Gasteiger partial charge in [-0.1, -0.05) is 13.8 Å². The second kappa shape index (κ2) is 3.93. The van der Waals surface area contributed by atoms with Gasteiger partial charge in [0.1, 0.15) is 11.0 Å². The second-order valence-corrected chi connectivity index (χ2v) is 5.05. The first-order chi connectivity index (χ1) is 6.00. The Morgan fingerprint density at radius 1 is 1.57 bits per heavy atom. The van der Waals surface area contributed by atoms with Crippen molar-refractivity contribution in [2.24, 2.45) is 0 Å². The molecule has 1 aliphatic rings. The van der Waals surface area contributed by atoms with E-state index in [4.69, 9.17) is 0 Å². The average Bonchev–Trinajstić information content (AvgIpc) is 2.53. The van der Waals surface area contributed by atoms with Crippen molar-refractivity contribution in [1.29, 1.82) is 0 Å². The Labute approximate surface area is 109 Å². The third-order valence-corrected chi connectivity index (χ3v) is 3.59. The van der Waals surface area contributed by atoms with Crippen molar-refractivity contribution in [3.8, 4) is 0 Å². The zero-order valence-electron chi connectivity index (χ0n) is 8.59. The van der Waals surface area contributed by atoms with Gasteiger partial charge < -0.3 is 9.90 Å². The monoisotopic (exact) mass is 219 g/mol. The third-order valence-electron chi connectivity index (χ3n) is 2.49. The Morgan fingerprint density at radius 2 is 2.21 bits per heavy atom. The van der Waals surface area contributed by atoms with E-state index < -0.39 is 5.97 Å². The summed E-state index contributed by atoms with van der Waals surface area (Å²) in [5.41, 5.74) is 0.996. The van der Waals surface area contributed by atoms with Gasteiger partial charge in [0.05, 0.1) is 5.69 Å². The molecule has 0 aliphatic heterocycles. The molecule has 70 valence electrons. The molecule has 1 aliphatic carbocycles. The molecule has 1 heterocycles. The van der Waals surface area contributed by atoms with Gasteiger partial charge in [-0.3, -0.25) is 0 Å². The zero-order chi connectivity index (χ0) is 9.64. The Bertz CT molecular complexity index is 373. The number of carboxylic acids is 1. The van der Waals surface area contributed by atoms with E-state index in [0.29, 0.717) is 0 Å². The normalized spacial score (nSPS) is 17.3. The molecule has 0 saturated carbocycles. The minimum Gasteiger partial charge on any atom is -0.542 e. The molecule has 5 heteroatoms. The maximum absolute atomic E-state index is 10.6. The van der Waals surface area contributed by atoms with E-state index in [1.54, 1.807) is 0 Å². The van der Waals surface area contributed by atoms with Crippen LogP contribution in [0.1, 0.15) is 40.6 Å². The van der Waals surface area contributed by atoms with Crippen LogP contribution in [0.2, 0.25) is 0 Å². The summed E-state index contributed by atoms with van der Waals surface area (Å²) in [4.78, 5) is 15.8. The molecule has 0 radical (unpaired) electrons. The molecule has 0 bridgehead atoms. The van der Waals surface area contributed by atoms with E-state index in [1.807, 2.05) is 0 Å². The number of nitrogens with zero attached hydrogens (tertiary/aromatic N) is 1. The van der Waals surface area contributed by atoms with Crippen molar-refractivity contribution >= 4 is 17.3 Å². The number of carboxylic acid groups (broad SMARTS) is 1. The van der Waals surface area contributed by atoms with Gasteiger partial charge in [0.15, 0.2) is 0 Å². The molecule has 1 aromatic rings. The topological polar surface area (TPSA) is 53.0 Å². The quantitative estimate of drug-likeness (QED) is 0.501. The van der Waals surface area contributed by atoms with E-state index in [-0.39, 0.29) is 40.0 Å². The zero-order valence-corrected chi connectivity index (χ0v) is 11.4. The number of aromatic nitrogens is 1. The third kappa shape index (κ3) is 1.89. The number of aromatic carboxylic acids is 1. The molecule has 2 rings (SSSR count). The number of carbonyl (C=O) groups is 1. The predicted molar refractivity (Wildman–Crippen MR) is 47.8 cm³/mol. The Hall–Kier alpha value is 0.100. The van der Waals surface area contributed by atoms with Crippen molar-refractivity contribution in [2.45, 2.75) is 32.1 Å². The fourth-order valence-corrected chi connectivity index (χ4v) is 2.76. The predicted octanol–water partition coefficient (Wildman–Crippen LogP) is -2.27. The van der Waals surface area contributed by atoms with E-state index in [1.165, 1.54) is 11.3 Å². The molecule has 0 fully saturated rings. The Kier molecular flexibility index (Phi) is 3.41. The number of hydrogen-bond donors (Lipinski definition) is 0. The molecule has 0 N–H and O–H groups in total. The smallest absolute Gasteiger partial charge is 0.542 e. The standard InChI is InChI=1S/C9H11NO2S.Na/c1-9(2)4-3-5-6(9)10-7(13-5)8(11)12;/h3-4H2,1-2H3,(H,11,12);/q;+1/p-1. The van der Waals surface area contributed by atoms with Crippen LogP contribution < -0.4 is 34.7 Å². The first-order valence-electron chi connectivity index (χ1n) is 4.22. The fourth-order valence-electron chi connectivity index (χ4n) is 1.68. The Morgan fingerprint density at radius 3 is 2.71 bits per heavy atom. The molecule has 0 atom stereocenters.